The van der Waals surface area contributed by atoms with Crippen LogP contribution in [-0.4, -0.2) is 32.1 Å². The number of alkyl halides is 3. The molecule has 4 rings (SSSR count). The number of carbonyl (C=O) groups excluding carboxylic acids is 2. The molecule has 0 radical (unpaired) electrons. The SMILES string of the molecule is COc1ccc(OC)c([C@H]2C3=C(CC(C)(C)CC3=O)Nc3ccccc3N2C(=O)C(F)(F)F)c1. The molecule has 1 aliphatic heterocycles. The van der Waals surface area contributed by atoms with Crippen molar-refractivity contribution >= 4 is 23.1 Å². The molecule has 1 N–H and O–H groups in total. The number of nitrogens with one attached hydrogen (secondary N) is 1. The van der Waals surface area contributed by atoms with Gasteiger partial charge in [-0.05, 0) is 42.2 Å². The van der Waals surface area contributed by atoms with Gasteiger partial charge in [0.1, 0.15) is 11.5 Å². The third-order valence-electron chi connectivity index (χ3n) is 6.09. The van der Waals surface area contributed by atoms with Crippen molar-refractivity contribution in [1.82, 2.24) is 0 Å². The van der Waals surface area contributed by atoms with Crippen LogP contribution in [0.1, 0.15) is 38.3 Å². The van der Waals surface area contributed by atoms with E-state index in [-0.39, 0.29) is 34.8 Å². The molecule has 9 heteroatoms. The van der Waals surface area contributed by atoms with E-state index in [9.17, 15) is 22.8 Å². The number of amides is 1. The van der Waals surface area contributed by atoms with E-state index in [1.54, 1.807) is 30.3 Å². The summed E-state index contributed by atoms with van der Waals surface area (Å²) in [5, 5.41) is 3.18. The second-order valence-electron chi connectivity index (χ2n) is 9.16. The van der Waals surface area contributed by atoms with Gasteiger partial charge in [-0.3, -0.25) is 14.5 Å². The minimum atomic E-state index is -5.18. The van der Waals surface area contributed by atoms with Gasteiger partial charge in [0, 0.05) is 23.3 Å². The smallest absolute Gasteiger partial charge is 0.471 e. The second-order valence-corrected chi connectivity index (χ2v) is 9.16. The van der Waals surface area contributed by atoms with Gasteiger partial charge in [-0.2, -0.15) is 13.2 Å². The fourth-order valence-corrected chi connectivity index (χ4v) is 4.69. The largest absolute Gasteiger partial charge is 0.497 e. The zero-order valence-electron chi connectivity index (χ0n) is 19.2. The van der Waals surface area contributed by atoms with Crippen LogP contribution in [0, 0.1) is 5.41 Å². The Kier molecular flexibility index (Phi) is 5.83. The lowest BCUT2D eigenvalue weighted by molar-refractivity contribution is -0.170. The highest BCUT2D eigenvalue weighted by molar-refractivity contribution is 6.07. The van der Waals surface area contributed by atoms with Crippen molar-refractivity contribution in [2.75, 3.05) is 24.4 Å². The number of allylic oxidation sites excluding steroid dienone is 1. The number of carbonyl (C=O) groups is 2. The maximum absolute atomic E-state index is 14.0. The Morgan fingerprint density at radius 3 is 2.44 bits per heavy atom. The first-order valence-corrected chi connectivity index (χ1v) is 10.7. The van der Waals surface area contributed by atoms with Crippen LogP contribution < -0.4 is 19.7 Å². The van der Waals surface area contributed by atoms with Crippen molar-refractivity contribution in [2.24, 2.45) is 5.41 Å². The van der Waals surface area contributed by atoms with E-state index < -0.39 is 23.5 Å². The van der Waals surface area contributed by atoms with Gasteiger partial charge in [-0.1, -0.05) is 26.0 Å². The summed E-state index contributed by atoms with van der Waals surface area (Å²) in [6.07, 6.45) is -4.64. The van der Waals surface area contributed by atoms with Crippen molar-refractivity contribution < 1.29 is 32.2 Å². The lowest BCUT2D eigenvalue weighted by Crippen LogP contribution is -2.45. The molecule has 0 aromatic heterocycles. The molecule has 0 fully saturated rings. The number of hydrogen-bond acceptors (Lipinski definition) is 5. The van der Waals surface area contributed by atoms with Gasteiger partial charge in [-0.25, -0.2) is 0 Å². The molecule has 0 spiro atoms. The third kappa shape index (κ3) is 4.10. The number of rotatable bonds is 3. The van der Waals surface area contributed by atoms with Crippen LogP contribution in [-0.2, 0) is 9.59 Å². The average Bonchev–Trinajstić information content (AvgIpc) is 2.90. The van der Waals surface area contributed by atoms with Crippen LogP contribution >= 0.6 is 0 Å². The van der Waals surface area contributed by atoms with Gasteiger partial charge in [0.15, 0.2) is 5.78 Å². The fraction of sp³-hybridized carbons (Fsp3) is 0.360. The standard InChI is InChI=1S/C25H25F3N2O4/c1-24(2)12-17-21(19(31)13-24)22(15-11-14(33-3)9-10-20(15)34-4)30(23(32)25(26,27)28)18-8-6-5-7-16(18)29-17/h5-11,22,29H,12-13H2,1-4H3/t22-/m0/s1. The maximum Gasteiger partial charge on any atom is 0.471 e. The number of nitrogens with zero attached hydrogens (tertiary/aromatic N) is 1. The third-order valence-corrected chi connectivity index (χ3v) is 6.09. The molecule has 0 saturated heterocycles. The molecule has 0 saturated carbocycles. The van der Waals surface area contributed by atoms with E-state index in [1.165, 1.54) is 26.4 Å². The summed E-state index contributed by atoms with van der Waals surface area (Å²) in [4.78, 5) is 27.1. The molecule has 2 aromatic rings. The Bertz CT molecular complexity index is 1190. The summed E-state index contributed by atoms with van der Waals surface area (Å²) < 4.78 is 52.6. The quantitative estimate of drug-likeness (QED) is 0.645. The van der Waals surface area contributed by atoms with Gasteiger partial charge >= 0.3 is 12.1 Å². The van der Waals surface area contributed by atoms with Crippen LogP contribution in [0.25, 0.3) is 0 Å². The first-order chi connectivity index (χ1) is 16.0. The fourth-order valence-electron chi connectivity index (χ4n) is 4.69. The average molecular weight is 474 g/mol. The van der Waals surface area contributed by atoms with Crippen LogP contribution in [0.4, 0.5) is 24.5 Å². The second kappa shape index (κ2) is 8.38. The van der Waals surface area contributed by atoms with E-state index in [1.807, 2.05) is 13.8 Å². The first kappa shape index (κ1) is 23.7. The number of methoxy groups -OCH3 is 2. The van der Waals surface area contributed by atoms with Crippen molar-refractivity contribution in [3.05, 3.63) is 59.3 Å². The highest BCUT2D eigenvalue weighted by atomic mass is 19.4. The predicted octanol–water partition coefficient (Wildman–Crippen LogP) is 5.41. The van der Waals surface area contributed by atoms with Gasteiger partial charge in [0.05, 0.1) is 31.6 Å². The Hall–Kier alpha value is -3.49. The van der Waals surface area contributed by atoms with Gasteiger partial charge in [-0.15, -0.1) is 0 Å². The van der Waals surface area contributed by atoms with E-state index in [0.717, 1.165) is 0 Å². The summed E-state index contributed by atoms with van der Waals surface area (Å²) in [5.41, 5.74) is 0.728. The molecular formula is C25H25F3N2O4. The molecule has 0 unspecified atom stereocenters. The molecule has 1 atom stereocenters. The lowest BCUT2D eigenvalue weighted by Gasteiger charge is -2.37. The van der Waals surface area contributed by atoms with Crippen LogP contribution in [0.3, 0.4) is 0 Å². The molecule has 1 heterocycles. The van der Waals surface area contributed by atoms with Crippen molar-refractivity contribution in [3.8, 4) is 11.5 Å². The number of para-hydroxylation sites is 2. The molecular weight excluding hydrogens is 449 g/mol. The Morgan fingerprint density at radius 1 is 1.09 bits per heavy atom. The van der Waals surface area contributed by atoms with Crippen molar-refractivity contribution in [2.45, 2.75) is 38.9 Å². The van der Waals surface area contributed by atoms with Gasteiger partial charge in [0.2, 0.25) is 0 Å². The molecule has 34 heavy (non-hydrogen) atoms. The number of fused-ring (bicyclic) bond motifs is 1. The monoisotopic (exact) mass is 474 g/mol. The number of benzene rings is 2. The summed E-state index contributed by atoms with van der Waals surface area (Å²) >= 11 is 0. The highest BCUT2D eigenvalue weighted by Gasteiger charge is 2.51. The number of halogens is 3. The molecule has 0 bridgehead atoms. The summed E-state index contributed by atoms with van der Waals surface area (Å²) in [6.45, 7) is 3.85. The van der Waals surface area contributed by atoms with E-state index in [0.29, 0.717) is 28.5 Å². The zero-order valence-corrected chi connectivity index (χ0v) is 19.2. The predicted molar refractivity (Wildman–Crippen MR) is 121 cm³/mol. The molecule has 1 aliphatic carbocycles. The highest BCUT2D eigenvalue weighted by Crippen LogP contribution is 2.51. The summed E-state index contributed by atoms with van der Waals surface area (Å²) in [5.74, 6) is -1.83. The van der Waals surface area contributed by atoms with Crippen LogP contribution in [0.5, 0.6) is 11.5 Å². The Balaban J connectivity index is 2.10. The molecule has 2 aliphatic rings. The normalized spacial score (nSPS) is 19.6. The summed E-state index contributed by atoms with van der Waals surface area (Å²) in [7, 11) is 2.80. The van der Waals surface area contributed by atoms with E-state index >= 15 is 0 Å². The van der Waals surface area contributed by atoms with Gasteiger partial charge < -0.3 is 14.8 Å². The number of hydrogen-bond donors (Lipinski definition) is 1. The van der Waals surface area contributed by atoms with Crippen LogP contribution in [0.15, 0.2) is 53.7 Å². The lowest BCUT2D eigenvalue weighted by atomic mass is 9.73. The Labute approximate surface area is 195 Å². The molecule has 1 amide bonds. The molecule has 180 valence electrons. The number of Topliss-reactive ketones (excluding diaryl/α,β-unsaturated/α-hetero) is 1. The van der Waals surface area contributed by atoms with Crippen LogP contribution in [0.2, 0.25) is 0 Å². The number of anilines is 2. The molecule has 6 nitrogen and oxygen atoms in total. The van der Waals surface area contributed by atoms with Crippen molar-refractivity contribution in [3.63, 3.8) is 0 Å². The minimum Gasteiger partial charge on any atom is -0.497 e. The summed E-state index contributed by atoms with van der Waals surface area (Å²) in [6, 6.07) is 9.50. The number of ether oxygens (including phenoxy) is 2. The maximum atomic E-state index is 14.0. The minimum absolute atomic E-state index is 0.0136. The number of ketones is 1. The van der Waals surface area contributed by atoms with Crippen molar-refractivity contribution in [1.29, 1.82) is 0 Å². The molecule has 2 aromatic carbocycles. The zero-order chi connectivity index (χ0) is 24.8. The Morgan fingerprint density at radius 2 is 1.79 bits per heavy atom. The van der Waals surface area contributed by atoms with E-state index in [2.05, 4.69) is 5.32 Å². The topological polar surface area (TPSA) is 67.9 Å². The van der Waals surface area contributed by atoms with Gasteiger partial charge in [0.25, 0.3) is 0 Å². The van der Waals surface area contributed by atoms with E-state index in [4.69, 9.17) is 9.47 Å². The first-order valence-electron chi connectivity index (χ1n) is 10.7.